The van der Waals surface area contributed by atoms with Crippen LogP contribution in [0.25, 0.3) is 0 Å². The van der Waals surface area contributed by atoms with Crippen molar-refractivity contribution in [1.82, 2.24) is 14.7 Å². The van der Waals surface area contributed by atoms with E-state index in [0.29, 0.717) is 0 Å². The molecular formula is C34H43N3O. The van der Waals surface area contributed by atoms with Crippen LogP contribution in [0.15, 0.2) is 78.9 Å². The zero-order valence-electron chi connectivity index (χ0n) is 23.4. The quantitative estimate of drug-likeness (QED) is 0.368. The first-order chi connectivity index (χ1) is 18.5. The summed E-state index contributed by atoms with van der Waals surface area (Å²) in [5, 5.41) is 0. The Labute approximate surface area is 229 Å². The average molecular weight is 510 g/mol. The second kappa shape index (κ2) is 12.4. The molecule has 3 aromatic rings. The lowest BCUT2D eigenvalue weighted by Crippen LogP contribution is -2.48. The van der Waals surface area contributed by atoms with E-state index in [4.69, 9.17) is 0 Å². The Hall–Kier alpha value is -2.79. The third-order valence-corrected chi connectivity index (χ3v) is 8.95. The van der Waals surface area contributed by atoms with Gasteiger partial charge in [-0.3, -0.25) is 4.79 Å². The van der Waals surface area contributed by atoms with Crippen molar-refractivity contribution >= 4 is 5.78 Å². The number of aryl methyl sites for hydroxylation is 1. The number of rotatable bonds is 8. The van der Waals surface area contributed by atoms with Gasteiger partial charge in [-0.25, -0.2) is 0 Å². The van der Waals surface area contributed by atoms with Crippen LogP contribution in [0.5, 0.6) is 0 Å². The summed E-state index contributed by atoms with van der Waals surface area (Å²) in [5.74, 6) is 0.618. The van der Waals surface area contributed by atoms with Gasteiger partial charge in [0.1, 0.15) is 0 Å². The zero-order valence-corrected chi connectivity index (χ0v) is 23.4. The van der Waals surface area contributed by atoms with Gasteiger partial charge in [-0.1, -0.05) is 78.9 Å². The van der Waals surface area contributed by atoms with Crippen molar-refractivity contribution in [1.29, 1.82) is 0 Å². The molecule has 38 heavy (non-hydrogen) atoms. The smallest absolute Gasteiger partial charge is 0.167 e. The Morgan fingerprint density at radius 3 is 2.13 bits per heavy atom. The number of carbonyl (C=O) groups excluding carboxylic acids is 1. The Morgan fingerprint density at radius 1 is 0.763 bits per heavy atom. The molecule has 5 rings (SSSR count). The number of likely N-dealkylation sites (tertiary alicyclic amines) is 1. The normalized spacial score (nSPS) is 23.4. The van der Waals surface area contributed by atoms with Gasteiger partial charge in [-0.05, 0) is 62.7 Å². The van der Waals surface area contributed by atoms with Gasteiger partial charge in [0.25, 0.3) is 0 Å². The molecular weight excluding hydrogens is 466 g/mol. The van der Waals surface area contributed by atoms with E-state index < -0.39 is 0 Å². The summed E-state index contributed by atoms with van der Waals surface area (Å²) >= 11 is 0. The highest BCUT2D eigenvalue weighted by atomic mass is 16.1. The van der Waals surface area contributed by atoms with E-state index in [-0.39, 0.29) is 23.5 Å². The van der Waals surface area contributed by atoms with E-state index in [1.54, 1.807) is 0 Å². The molecule has 200 valence electrons. The summed E-state index contributed by atoms with van der Waals surface area (Å²) in [6.45, 7) is 13.0. The number of piperidine rings is 1. The number of hydrogen-bond acceptors (Lipinski definition) is 4. The molecule has 4 heteroatoms. The predicted molar refractivity (Wildman–Crippen MR) is 157 cm³/mol. The van der Waals surface area contributed by atoms with Gasteiger partial charge in [0.15, 0.2) is 5.78 Å². The maximum absolute atomic E-state index is 14.2. The first-order valence-electron chi connectivity index (χ1n) is 14.3. The molecule has 2 fully saturated rings. The van der Waals surface area contributed by atoms with E-state index in [9.17, 15) is 4.79 Å². The molecule has 0 saturated carbocycles. The minimum atomic E-state index is -0.0829. The molecule has 3 aromatic carbocycles. The standard InChI is InChI=1S/C34H43N3O/c1-26-12-10-17-30(27(26)2)33-31(28-13-6-4-7-14-28)24-37(19-11-18-36-22-20-35(3)21-23-36)25-32(33)34(38)29-15-8-5-9-16-29/h4-10,12-17,31-33H,11,18-25H2,1-3H3/t31-,32+,33+/m1/s1. The number of carbonyl (C=O) groups is 1. The molecule has 2 saturated heterocycles. The molecule has 0 spiro atoms. The van der Waals surface area contributed by atoms with Crippen LogP contribution < -0.4 is 0 Å². The minimum Gasteiger partial charge on any atom is -0.304 e. The lowest BCUT2D eigenvalue weighted by molar-refractivity contribution is 0.0724. The van der Waals surface area contributed by atoms with Crippen molar-refractivity contribution in [3.63, 3.8) is 0 Å². The summed E-state index contributed by atoms with van der Waals surface area (Å²) in [7, 11) is 2.21. The van der Waals surface area contributed by atoms with Crippen LogP contribution in [0, 0.1) is 19.8 Å². The first kappa shape index (κ1) is 26.8. The monoisotopic (exact) mass is 509 g/mol. The third-order valence-electron chi connectivity index (χ3n) is 8.95. The fraction of sp³-hybridized carbons (Fsp3) is 0.441. The number of piperazine rings is 1. The highest BCUT2D eigenvalue weighted by Gasteiger charge is 2.42. The van der Waals surface area contributed by atoms with Crippen molar-refractivity contribution in [2.24, 2.45) is 5.92 Å². The van der Waals surface area contributed by atoms with Crippen LogP contribution in [-0.2, 0) is 0 Å². The van der Waals surface area contributed by atoms with E-state index in [2.05, 4.69) is 84.1 Å². The third kappa shape index (κ3) is 6.09. The molecule has 0 aliphatic carbocycles. The lowest BCUT2D eigenvalue weighted by atomic mass is 9.67. The Morgan fingerprint density at radius 2 is 1.42 bits per heavy atom. The molecule has 2 aliphatic heterocycles. The van der Waals surface area contributed by atoms with Crippen molar-refractivity contribution < 1.29 is 4.79 Å². The van der Waals surface area contributed by atoms with Gasteiger partial charge in [-0.2, -0.15) is 0 Å². The molecule has 0 amide bonds. The van der Waals surface area contributed by atoms with E-state index in [0.717, 1.165) is 64.3 Å². The molecule has 4 nitrogen and oxygen atoms in total. The van der Waals surface area contributed by atoms with Gasteiger partial charge in [0.2, 0.25) is 0 Å². The van der Waals surface area contributed by atoms with Crippen LogP contribution in [0.2, 0.25) is 0 Å². The largest absolute Gasteiger partial charge is 0.304 e. The minimum absolute atomic E-state index is 0.0829. The van der Waals surface area contributed by atoms with Crippen molar-refractivity contribution in [2.45, 2.75) is 32.1 Å². The first-order valence-corrected chi connectivity index (χ1v) is 14.3. The molecule has 2 aliphatic rings. The molecule has 0 radical (unpaired) electrons. The number of benzene rings is 3. The summed E-state index contributed by atoms with van der Waals surface area (Å²) in [4.78, 5) is 21.8. The Balaban J connectivity index is 1.46. The molecule has 0 unspecified atom stereocenters. The van der Waals surface area contributed by atoms with Gasteiger partial charge in [-0.15, -0.1) is 0 Å². The lowest BCUT2D eigenvalue weighted by Gasteiger charge is -2.45. The molecule has 2 heterocycles. The van der Waals surface area contributed by atoms with Crippen molar-refractivity contribution in [3.05, 3.63) is 107 Å². The maximum atomic E-state index is 14.2. The van der Waals surface area contributed by atoms with Gasteiger partial charge < -0.3 is 14.7 Å². The van der Waals surface area contributed by atoms with Crippen LogP contribution in [0.1, 0.15) is 50.9 Å². The van der Waals surface area contributed by atoms with Crippen LogP contribution in [0.4, 0.5) is 0 Å². The summed E-state index contributed by atoms with van der Waals surface area (Å²) in [5.41, 5.74) is 6.14. The SMILES string of the molecule is Cc1cccc([C@@H]2[C@@H](C(=O)c3ccccc3)CN(CCCN3CCN(C)CC3)C[C@@H]2c2ccccc2)c1C. The van der Waals surface area contributed by atoms with Crippen LogP contribution in [-0.4, -0.2) is 79.9 Å². The number of likely N-dealkylation sites (N-methyl/N-ethyl adjacent to an activating group) is 1. The molecule has 0 bridgehead atoms. The summed E-state index contributed by atoms with van der Waals surface area (Å²) < 4.78 is 0. The van der Waals surface area contributed by atoms with E-state index >= 15 is 0 Å². The highest BCUT2D eigenvalue weighted by molar-refractivity contribution is 5.98. The van der Waals surface area contributed by atoms with Gasteiger partial charge in [0.05, 0.1) is 0 Å². The van der Waals surface area contributed by atoms with E-state index in [1.165, 1.54) is 22.3 Å². The van der Waals surface area contributed by atoms with Crippen LogP contribution >= 0.6 is 0 Å². The fourth-order valence-electron chi connectivity index (χ4n) is 6.55. The summed E-state index contributed by atoms with van der Waals surface area (Å²) in [6, 6.07) is 27.5. The second-order valence-corrected chi connectivity index (χ2v) is 11.4. The average Bonchev–Trinajstić information content (AvgIpc) is 2.96. The van der Waals surface area contributed by atoms with Crippen molar-refractivity contribution in [3.8, 4) is 0 Å². The molecule has 0 N–H and O–H groups in total. The Kier molecular flexibility index (Phi) is 8.73. The number of ketones is 1. The zero-order chi connectivity index (χ0) is 26.5. The number of Topliss-reactive ketones (excluding diaryl/α,β-unsaturated/α-hetero) is 1. The highest BCUT2D eigenvalue weighted by Crippen LogP contribution is 2.45. The maximum Gasteiger partial charge on any atom is 0.167 e. The van der Waals surface area contributed by atoms with Gasteiger partial charge in [0, 0.05) is 62.6 Å². The fourth-order valence-corrected chi connectivity index (χ4v) is 6.55. The molecule has 3 atom stereocenters. The van der Waals surface area contributed by atoms with Crippen LogP contribution in [0.3, 0.4) is 0 Å². The molecule has 0 aromatic heterocycles. The van der Waals surface area contributed by atoms with E-state index in [1.807, 2.05) is 30.3 Å². The number of nitrogens with zero attached hydrogens (tertiary/aromatic N) is 3. The van der Waals surface area contributed by atoms with Crippen molar-refractivity contribution in [2.75, 3.05) is 59.4 Å². The second-order valence-electron chi connectivity index (χ2n) is 11.4. The predicted octanol–water partition coefficient (Wildman–Crippen LogP) is 5.62. The Bertz CT molecular complexity index is 1190. The van der Waals surface area contributed by atoms with Gasteiger partial charge >= 0.3 is 0 Å². The topological polar surface area (TPSA) is 26.8 Å². The number of hydrogen-bond donors (Lipinski definition) is 0. The summed E-state index contributed by atoms with van der Waals surface area (Å²) in [6.07, 6.45) is 1.14.